The number of carboxylic acid groups (broad SMARTS) is 1. The van der Waals surface area contributed by atoms with Gasteiger partial charge in [-0.3, -0.25) is 0 Å². The van der Waals surface area contributed by atoms with Gasteiger partial charge in [-0.2, -0.15) is 0 Å². The topological polar surface area (TPSA) is 72.8 Å². The molecule has 5 nitrogen and oxygen atoms in total. The number of rotatable bonds is 6. The van der Waals surface area contributed by atoms with Gasteiger partial charge in [-0.15, -0.1) is 0 Å². The normalized spacial score (nSPS) is 10.0. The average Bonchev–Trinajstić information content (AvgIpc) is 2.54. The van der Waals surface area contributed by atoms with Gasteiger partial charge in [0.05, 0.1) is 17.7 Å². The summed E-state index contributed by atoms with van der Waals surface area (Å²) in [5, 5.41) is 9.12. The Morgan fingerprint density at radius 2 is 1.73 bits per heavy atom. The lowest BCUT2D eigenvalue weighted by molar-refractivity contribution is 0.0526. The van der Waals surface area contributed by atoms with Crippen molar-refractivity contribution < 1.29 is 24.2 Å². The summed E-state index contributed by atoms with van der Waals surface area (Å²) in [5.74, 6) is -1.39. The molecule has 2 aromatic rings. The van der Waals surface area contributed by atoms with Gasteiger partial charge in [0.15, 0.2) is 0 Å². The van der Waals surface area contributed by atoms with Crippen LogP contribution in [0, 0.1) is 0 Å². The molecule has 0 fully saturated rings. The molecule has 0 spiro atoms. The number of aromatic carboxylic acids is 1. The van der Waals surface area contributed by atoms with Gasteiger partial charge in [0, 0.05) is 0 Å². The maximum Gasteiger partial charge on any atom is 0.338 e. The zero-order valence-corrected chi connectivity index (χ0v) is 12.1. The number of carbonyl (C=O) groups excluding carboxylic acids is 1. The second kappa shape index (κ2) is 7.26. The van der Waals surface area contributed by atoms with Crippen LogP contribution >= 0.6 is 0 Å². The number of hydrogen-bond donors (Lipinski definition) is 1. The van der Waals surface area contributed by atoms with E-state index in [2.05, 4.69) is 0 Å². The highest BCUT2D eigenvalue weighted by molar-refractivity contribution is 5.95. The number of carboxylic acids is 1. The lowest BCUT2D eigenvalue weighted by atomic mass is 10.1. The summed E-state index contributed by atoms with van der Waals surface area (Å²) in [6.45, 7) is 2.19. The SMILES string of the molecule is CCOC(=O)c1cc(OCc2ccccc2)cc(C(=O)O)c1. The Labute approximate surface area is 128 Å². The molecule has 0 heterocycles. The van der Waals surface area contributed by atoms with Crippen molar-refractivity contribution in [2.75, 3.05) is 6.61 Å². The predicted molar refractivity (Wildman–Crippen MR) is 80.1 cm³/mol. The van der Waals surface area contributed by atoms with Crippen molar-refractivity contribution >= 4 is 11.9 Å². The van der Waals surface area contributed by atoms with E-state index >= 15 is 0 Å². The third-order valence-electron chi connectivity index (χ3n) is 2.91. The number of ether oxygens (including phenoxy) is 2. The summed E-state index contributed by atoms with van der Waals surface area (Å²) in [6.07, 6.45) is 0. The maximum atomic E-state index is 11.8. The van der Waals surface area contributed by atoms with E-state index in [1.54, 1.807) is 6.92 Å². The zero-order chi connectivity index (χ0) is 15.9. The fraction of sp³-hybridized carbons (Fsp3) is 0.176. The van der Waals surface area contributed by atoms with E-state index < -0.39 is 11.9 Å². The Hall–Kier alpha value is -2.82. The fourth-order valence-electron chi connectivity index (χ4n) is 1.88. The Kier molecular flexibility index (Phi) is 5.14. The first-order chi connectivity index (χ1) is 10.6. The molecule has 2 rings (SSSR count). The standard InChI is InChI=1S/C17H16O5/c1-2-21-17(20)14-8-13(16(18)19)9-15(10-14)22-11-12-6-4-3-5-7-12/h3-10H,2,11H2,1H3,(H,18,19). The molecule has 0 amide bonds. The van der Waals surface area contributed by atoms with Crippen LogP contribution in [-0.4, -0.2) is 23.7 Å². The first-order valence-electron chi connectivity index (χ1n) is 6.82. The molecule has 0 unspecified atom stereocenters. The van der Waals surface area contributed by atoms with Crippen molar-refractivity contribution in [1.29, 1.82) is 0 Å². The van der Waals surface area contributed by atoms with E-state index in [9.17, 15) is 9.59 Å². The molecular weight excluding hydrogens is 284 g/mol. The third-order valence-corrected chi connectivity index (χ3v) is 2.91. The summed E-state index contributed by atoms with van der Waals surface area (Å²) in [7, 11) is 0. The monoisotopic (exact) mass is 300 g/mol. The van der Waals surface area contributed by atoms with Gasteiger partial charge in [-0.05, 0) is 30.7 Å². The molecule has 0 saturated carbocycles. The molecule has 0 aromatic heterocycles. The molecule has 2 aromatic carbocycles. The summed E-state index contributed by atoms with van der Waals surface area (Å²) in [6, 6.07) is 13.6. The van der Waals surface area contributed by atoms with Crippen LogP contribution in [0.4, 0.5) is 0 Å². The molecule has 0 saturated heterocycles. The molecule has 0 atom stereocenters. The van der Waals surface area contributed by atoms with E-state index in [0.29, 0.717) is 5.75 Å². The molecule has 114 valence electrons. The number of esters is 1. The zero-order valence-electron chi connectivity index (χ0n) is 12.1. The van der Waals surface area contributed by atoms with Crippen LogP contribution < -0.4 is 4.74 Å². The van der Waals surface area contributed by atoms with Gasteiger partial charge in [-0.1, -0.05) is 30.3 Å². The third kappa shape index (κ3) is 4.09. The lowest BCUT2D eigenvalue weighted by Crippen LogP contribution is -2.08. The smallest absolute Gasteiger partial charge is 0.338 e. The van der Waals surface area contributed by atoms with Crippen LogP contribution in [0.2, 0.25) is 0 Å². The van der Waals surface area contributed by atoms with Crippen molar-refractivity contribution in [2.24, 2.45) is 0 Å². The Balaban J connectivity index is 2.22. The minimum atomic E-state index is -1.13. The van der Waals surface area contributed by atoms with Crippen LogP contribution in [-0.2, 0) is 11.3 Å². The van der Waals surface area contributed by atoms with Crippen molar-refractivity contribution in [3.8, 4) is 5.75 Å². The lowest BCUT2D eigenvalue weighted by Gasteiger charge is -2.09. The van der Waals surface area contributed by atoms with E-state index in [1.165, 1.54) is 18.2 Å². The fourth-order valence-corrected chi connectivity index (χ4v) is 1.88. The second-order valence-electron chi connectivity index (χ2n) is 4.55. The first kappa shape index (κ1) is 15.6. The number of benzene rings is 2. The Bertz CT molecular complexity index is 664. The highest BCUT2D eigenvalue weighted by Crippen LogP contribution is 2.20. The van der Waals surface area contributed by atoms with Gasteiger partial charge >= 0.3 is 11.9 Å². The first-order valence-corrected chi connectivity index (χ1v) is 6.82. The quantitative estimate of drug-likeness (QED) is 0.830. The molecule has 1 N–H and O–H groups in total. The van der Waals surface area contributed by atoms with Gasteiger partial charge < -0.3 is 14.6 Å². The van der Waals surface area contributed by atoms with Gasteiger partial charge in [0.1, 0.15) is 12.4 Å². The highest BCUT2D eigenvalue weighted by Gasteiger charge is 2.14. The van der Waals surface area contributed by atoms with E-state index in [4.69, 9.17) is 14.6 Å². The highest BCUT2D eigenvalue weighted by atomic mass is 16.5. The van der Waals surface area contributed by atoms with Crippen LogP contribution in [0.25, 0.3) is 0 Å². The van der Waals surface area contributed by atoms with Crippen molar-refractivity contribution in [1.82, 2.24) is 0 Å². The van der Waals surface area contributed by atoms with Crippen molar-refractivity contribution in [3.05, 3.63) is 65.2 Å². The molecular formula is C17H16O5. The largest absolute Gasteiger partial charge is 0.489 e. The minimum Gasteiger partial charge on any atom is -0.489 e. The Morgan fingerprint density at radius 1 is 1.05 bits per heavy atom. The molecule has 22 heavy (non-hydrogen) atoms. The maximum absolute atomic E-state index is 11.8. The van der Waals surface area contributed by atoms with E-state index in [1.807, 2.05) is 30.3 Å². The van der Waals surface area contributed by atoms with Crippen LogP contribution in [0.5, 0.6) is 5.75 Å². The molecule has 0 radical (unpaired) electrons. The molecule has 0 aliphatic rings. The average molecular weight is 300 g/mol. The van der Waals surface area contributed by atoms with Gasteiger partial charge in [0.2, 0.25) is 0 Å². The molecule has 5 heteroatoms. The van der Waals surface area contributed by atoms with Gasteiger partial charge in [0.25, 0.3) is 0 Å². The minimum absolute atomic E-state index is 0.0198. The number of carbonyl (C=O) groups is 2. The molecule has 0 bridgehead atoms. The van der Waals surface area contributed by atoms with Crippen LogP contribution in [0.15, 0.2) is 48.5 Å². The summed E-state index contributed by atoms with van der Waals surface area (Å²) in [4.78, 5) is 22.9. The van der Waals surface area contributed by atoms with Crippen molar-refractivity contribution in [2.45, 2.75) is 13.5 Å². The number of hydrogen-bond acceptors (Lipinski definition) is 4. The summed E-state index contributed by atoms with van der Waals surface area (Å²) < 4.78 is 10.5. The van der Waals surface area contributed by atoms with Crippen LogP contribution in [0.3, 0.4) is 0 Å². The molecule has 0 aliphatic carbocycles. The second-order valence-corrected chi connectivity index (χ2v) is 4.55. The Morgan fingerprint density at radius 3 is 2.36 bits per heavy atom. The van der Waals surface area contributed by atoms with Gasteiger partial charge in [-0.25, -0.2) is 9.59 Å². The summed E-state index contributed by atoms with van der Waals surface area (Å²) >= 11 is 0. The van der Waals surface area contributed by atoms with E-state index in [-0.39, 0.29) is 24.3 Å². The van der Waals surface area contributed by atoms with Crippen molar-refractivity contribution in [3.63, 3.8) is 0 Å². The van der Waals surface area contributed by atoms with Crippen LogP contribution in [0.1, 0.15) is 33.2 Å². The molecule has 0 aliphatic heterocycles. The predicted octanol–water partition coefficient (Wildman–Crippen LogP) is 3.14. The summed E-state index contributed by atoms with van der Waals surface area (Å²) in [5.41, 5.74) is 1.08. The van der Waals surface area contributed by atoms with E-state index in [0.717, 1.165) is 5.56 Å².